The van der Waals surface area contributed by atoms with E-state index < -0.39 is 0 Å². The van der Waals surface area contributed by atoms with Gasteiger partial charge in [-0.05, 0) is 28.3 Å². The Morgan fingerprint density at radius 3 is 2.30 bits per heavy atom. The van der Waals surface area contributed by atoms with E-state index >= 15 is 0 Å². The topological polar surface area (TPSA) is 0 Å². The van der Waals surface area contributed by atoms with E-state index in [-0.39, 0.29) is 12.1 Å². The third-order valence-electron chi connectivity index (χ3n) is 3.02. The van der Waals surface area contributed by atoms with E-state index in [9.17, 15) is 3.89 Å². The maximum atomic E-state index is 12.9. The molecule has 0 aliphatic rings. The molecule has 0 heterocycles. The van der Waals surface area contributed by atoms with Crippen molar-refractivity contribution in [1.82, 2.24) is 0 Å². The minimum atomic E-state index is 0.273. The summed E-state index contributed by atoms with van der Waals surface area (Å²) in [6, 6.07) is 15.4. The van der Waals surface area contributed by atoms with Crippen molar-refractivity contribution in [3.05, 3.63) is 85.5 Å². The monoisotopic (exact) mass is 282 g/mol. The largest absolute Gasteiger partial charge is 0.160 e. The molecule has 0 fully saturated rings. The second kappa shape index (κ2) is 6.92. The second-order valence-corrected chi connectivity index (χ2v) is 4.81. The Balaban J connectivity index is 2.40. The van der Waals surface area contributed by atoms with Crippen molar-refractivity contribution in [2.24, 2.45) is 0 Å². The third-order valence-corrected chi connectivity index (χ3v) is 3.54. The molecule has 20 heavy (non-hydrogen) atoms. The lowest BCUT2D eigenvalue weighted by Gasteiger charge is -2.07. The van der Waals surface area contributed by atoms with Crippen LogP contribution in [-0.2, 0) is 0 Å². The van der Waals surface area contributed by atoms with Crippen molar-refractivity contribution in [3.8, 4) is 11.1 Å². The van der Waals surface area contributed by atoms with Crippen molar-refractivity contribution in [2.75, 3.05) is 0 Å². The van der Waals surface area contributed by atoms with Gasteiger partial charge in [0.05, 0.1) is 12.1 Å². The van der Waals surface area contributed by atoms with Gasteiger partial charge in [0.2, 0.25) is 0 Å². The summed E-state index contributed by atoms with van der Waals surface area (Å²) in [5, 5.41) is 0. The number of allylic oxidation sites excluding steroid dienone is 4. The molecule has 0 aliphatic carbocycles. The molecule has 2 aromatic rings. The normalized spacial score (nSPS) is 11.2. The number of halogens is 1. The summed E-state index contributed by atoms with van der Waals surface area (Å²) in [5.74, 6) is 0. The summed E-state index contributed by atoms with van der Waals surface area (Å²) in [6.45, 7) is 7.49. The summed E-state index contributed by atoms with van der Waals surface area (Å²) in [5.41, 5.74) is 3.98. The van der Waals surface area contributed by atoms with Crippen molar-refractivity contribution >= 4 is 17.7 Å². The summed E-state index contributed by atoms with van der Waals surface area (Å²) < 4.78 is 12.9. The predicted molar refractivity (Wildman–Crippen MR) is 87.2 cm³/mol. The first-order chi connectivity index (χ1) is 9.80. The molecule has 2 rings (SSSR count). The van der Waals surface area contributed by atoms with Gasteiger partial charge in [0, 0.05) is 4.90 Å². The highest BCUT2D eigenvalue weighted by Gasteiger charge is 2.05. The summed E-state index contributed by atoms with van der Waals surface area (Å²) in [7, 11) is 0. The van der Waals surface area contributed by atoms with Crippen LogP contribution in [0.4, 0.5) is 3.89 Å². The minimum absolute atomic E-state index is 0.273. The van der Waals surface area contributed by atoms with Gasteiger partial charge in [-0.1, -0.05) is 73.9 Å². The Morgan fingerprint density at radius 1 is 1.00 bits per heavy atom. The Bertz CT molecular complexity index is 639. The molecular formula is C18H15FS. The van der Waals surface area contributed by atoms with E-state index in [1.54, 1.807) is 18.2 Å². The second-order valence-electron chi connectivity index (χ2n) is 4.21. The molecule has 0 amide bonds. The lowest BCUT2D eigenvalue weighted by atomic mass is 10.00. The van der Waals surface area contributed by atoms with Gasteiger partial charge in [-0.15, -0.1) is 0 Å². The molecule has 0 aromatic heterocycles. The smallest absolute Gasteiger partial charge is 0.0818 e. The van der Waals surface area contributed by atoms with Crippen LogP contribution in [0, 0.1) is 0 Å². The summed E-state index contributed by atoms with van der Waals surface area (Å²) in [4.78, 5) is 0.630. The first-order valence-corrected chi connectivity index (χ1v) is 6.95. The molecular weight excluding hydrogens is 267 g/mol. The van der Waals surface area contributed by atoms with Gasteiger partial charge in [-0.25, -0.2) is 0 Å². The van der Waals surface area contributed by atoms with Crippen LogP contribution >= 0.6 is 12.1 Å². The first-order valence-electron chi connectivity index (χ1n) is 6.23. The fourth-order valence-corrected chi connectivity index (χ4v) is 2.42. The standard InChI is InChI=1S/C18H15FS/c1-3-7-14(4-2)15-10-12-16(13-11-15)17-8-5-6-9-18(17)20-19/h3-13H,1-2H2/b14-7+. The van der Waals surface area contributed by atoms with E-state index in [0.29, 0.717) is 4.90 Å². The van der Waals surface area contributed by atoms with Crippen LogP contribution in [0.25, 0.3) is 16.7 Å². The fourth-order valence-electron chi connectivity index (χ4n) is 2.02. The SMILES string of the molecule is C=C/C=C(\C=C)c1ccc(-c2ccccc2SF)cc1. The van der Waals surface area contributed by atoms with E-state index in [1.165, 1.54) is 0 Å². The molecule has 0 atom stereocenters. The lowest BCUT2D eigenvalue weighted by Crippen LogP contribution is -1.84. The molecule has 0 unspecified atom stereocenters. The third kappa shape index (κ3) is 3.09. The minimum Gasteiger partial charge on any atom is -0.160 e. The number of rotatable bonds is 5. The maximum absolute atomic E-state index is 12.9. The summed E-state index contributed by atoms with van der Waals surface area (Å²) in [6.07, 6.45) is 5.44. The van der Waals surface area contributed by atoms with Gasteiger partial charge in [0.1, 0.15) is 0 Å². The maximum Gasteiger partial charge on any atom is 0.0818 e. The lowest BCUT2D eigenvalue weighted by molar-refractivity contribution is 0.934. The first kappa shape index (κ1) is 14.4. The van der Waals surface area contributed by atoms with E-state index in [2.05, 4.69) is 13.2 Å². The highest BCUT2D eigenvalue weighted by Crippen LogP contribution is 2.32. The van der Waals surface area contributed by atoms with Crippen LogP contribution in [-0.4, -0.2) is 0 Å². The molecule has 0 saturated heterocycles. The molecule has 0 bridgehead atoms. The van der Waals surface area contributed by atoms with Crippen LogP contribution in [0.5, 0.6) is 0 Å². The number of benzene rings is 2. The van der Waals surface area contributed by atoms with Crippen LogP contribution in [0.1, 0.15) is 5.56 Å². The van der Waals surface area contributed by atoms with E-state index in [0.717, 1.165) is 22.3 Å². The van der Waals surface area contributed by atoms with Crippen LogP contribution in [0.2, 0.25) is 0 Å². The van der Waals surface area contributed by atoms with Crippen molar-refractivity contribution in [2.45, 2.75) is 4.90 Å². The molecule has 0 spiro atoms. The quantitative estimate of drug-likeness (QED) is 0.598. The zero-order chi connectivity index (χ0) is 14.4. The highest BCUT2D eigenvalue weighted by atomic mass is 32.2. The van der Waals surface area contributed by atoms with Crippen molar-refractivity contribution < 1.29 is 3.89 Å². The van der Waals surface area contributed by atoms with Gasteiger partial charge in [0.25, 0.3) is 0 Å². The molecule has 0 nitrogen and oxygen atoms in total. The van der Waals surface area contributed by atoms with E-state index in [4.69, 9.17) is 0 Å². The highest BCUT2D eigenvalue weighted by molar-refractivity contribution is 7.94. The number of hydrogen-bond donors (Lipinski definition) is 0. The molecule has 0 radical (unpaired) electrons. The average molecular weight is 282 g/mol. The van der Waals surface area contributed by atoms with Gasteiger partial charge in [-0.3, -0.25) is 0 Å². The zero-order valence-corrected chi connectivity index (χ0v) is 11.9. The molecule has 2 aromatic carbocycles. The Labute approximate surface area is 123 Å². The van der Waals surface area contributed by atoms with Crippen molar-refractivity contribution in [1.29, 1.82) is 0 Å². The predicted octanol–water partition coefficient (Wildman–Crippen LogP) is 6.09. The average Bonchev–Trinajstić information content (AvgIpc) is 2.53. The molecule has 100 valence electrons. The van der Waals surface area contributed by atoms with Crippen LogP contribution < -0.4 is 0 Å². The zero-order valence-electron chi connectivity index (χ0n) is 11.1. The fraction of sp³-hybridized carbons (Fsp3) is 0. The van der Waals surface area contributed by atoms with Gasteiger partial charge >= 0.3 is 0 Å². The van der Waals surface area contributed by atoms with Gasteiger partial charge in [-0.2, -0.15) is 3.89 Å². The van der Waals surface area contributed by atoms with E-state index in [1.807, 2.05) is 48.5 Å². The number of hydrogen-bond acceptors (Lipinski definition) is 1. The molecule has 2 heteroatoms. The van der Waals surface area contributed by atoms with Crippen LogP contribution in [0.3, 0.4) is 0 Å². The molecule has 0 aliphatic heterocycles. The Kier molecular flexibility index (Phi) is 4.97. The Morgan fingerprint density at radius 2 is 1.70 bits per heavy atom. The summed E-state index contributed by atoms with van der Waals surface area (Å²) >= 11 is 0.273. The van der Waals surface area contributed by atoms with Crippen LogP contribution in [0.15, 0.2) is 84.8 Å². The van der Waals surface area contributed by atoms with Gasteiger partial charge in [0.15, 0.2) is 0 Å². The Hall–Kier alpha value is -2.06. The molecule has 0 saturated carbocycles. The van der Waals surface area contributed by atoms with Crippen molar-refractivity contribution in [3.63, 3.8) is 0 Å². The molecule has 0 N–H and O–H groups in total. The van der Waals surface area contributed by atoms with Gasteiger partial charge < -0.3 is 0 Å².